The highest BCUT2D eigenvalue weighted by atomic mass is 16.5. The normalized spacial score (nSPS) is 23.8. The van der Waals surface area contributed by atoms with Gasteiger partial charge in [-0.15, -0.1) is 0 Å². The maximum absolute atomic E-state index is 6.12. The van der Waals surface area contributed by atoms with E-state index in [9.17, 15) is 0 Å². The zero-order valence-corrected chi connectivity index (χ0v) is 9.54. The van der Waals surface area contributed by atoms with Crippen LogP contribution in [0, 0.1) is 0 Å². The molecule has 88 valence electrons. The van der Waals surface area contributed by atoms with Gasteiger partial charge < -0.3 is 10.5 Å². The minimum Gasteiger partial charge on any atom is -0.375 e. The SMILES string of the molecule is NC1C=C2CCOCC2=NN1c1ccccc1. The molecule has 0 amide bonds. The predicted molar refractivity (Wildman–Crippen MR) is 67.9 cm³/mol. The number of rotatable bonds is 1. The summed E-state index contributed by atoms with van der Waals surface area (Å²) in [7, 11) is 0. The lowest BCUT2D eigenvalue weighted by Gasteiger charge is -2.32. The highest BCUT2D eigenvalue weighted by Crippen LogP contribution is 2.23. The van der Waals surface area contributed by atoms with Crippen LogP contribution in [0.3, 0.4) is 0 Å². The highest BCUT2D eigenvalue weighted by molar-refractivity contribution is 6.03. The summed E-state index contributed by atoms with van der Waals surface area (Å²) in [4.78, 5) is 0. The van der Waals surface area contributed by atoms with Crippen molar-refractivity contribution in [3.63, 3.8) is 0 Å². The second-order valence-electron chi connectivity index (χ2n) is 4.21. The number of nitrogens with two attached hydrogens (primary N) is 1. The number of nitrogens with zero attached hydrogens (tertiary/aromatic N) is 2. The molecule has 0 spiro atoms. The van der Waals surface area contributed by atoms with Crippen molar-refractivity contribution in [1.82, 2.24) is 0 Å². The van der Waals surface area contributed by atoms with Crippen molar-refractivity contribution in [1.29, 1.82) is 0 Å². The summed E-state index contributed by atoms with van der Waals surface area (Å²) in [6.07, 6.45) is 2.81. The van der Waals surface area contributed by atoms with Gasteiger partial charge in [-0.3, -0.25) is 0 Å². The molecule has 2 aliphatic rings. The summed E-state index contributed by atoms with van der Waals surface area (Å²) in [5, 5.41) is 6.43. The molecule has 0 bridgehead atoms. The van der Waals surface area contributed by atoms with Crippen molar-refractivity contribution in [3.05, 3.63) is 42.0 Å². The van der Waals surface area contributed by atoms with Gasteiger partial charge in [-0.1, -0.05) is 18.2 Å². The van der Waals surface area contributed by atoms with Gasteiger partial charge in [0.1, 0.15) is 6.17 Å². The summed E-state index contributed by atoms with van der Waals surface area (Å²) in [6, 6.07) is 9.97. The maximum atomic E-state index is 6.12. The average Bonchev–Trinajstić information content (AvgIpc) is 2.39. The topological polar surface area (TPSA) is 50.9 Å². The number of hydrazone groups is 1. The van der Waals surface area contributed by atoms with Crippen molar-refractivity contribution in [2.45, 2.75) is 12.6 Å². The molecule has 3 rings (SSSR count). The molecule has 1 fully saturated rings. The van der Waals surface area contributed by atoms with Crippen LogP contribution in [0.15, 0.2) is 47.1 Å². The molecule has 4 nitrogen and oxygen atoms in total. The van der Waals surface area contributed by atoms with E-state index in [1.807, 2.05) is 35.3 Å². The van der Waals surface area contributed by atoms with E-state index < -0.39 is 0 Å². The fourth-order valence-electron chi connectivity index (χ4n) is 2.14. The van der Waals surface area contributed by atoms with Crippen molar-refractivity contribution >= 4 is 11.4 Å². The van der Waals surface area contributed by atoms with Gasteiger partial charge in [0.05, 0.1) is 24.6 Å². The molecule has 0 saturated carbocycles. The lowest BCUT2D eigenvalue weighted by Crippen LogP contribution is -2.42. The Kier molecular flexibility index (Phi) is 2.66. The van der Waals surface area contributed by atoms with Crippen molar-refractivity contribution in [2.24, 2.45) is 10.8 Å². The maximum Gasteiger partial charge on any atom is 0.119 e. The number of fused-ring (bicyclic) bond motifs is 1. The third-order valence-corrected chi connectivity index (χ3v) is 3.03. The van der Waals surface area contributed by atoms with E-state index in [0.29, 0.717) is 6.61 Å². The van der Waals surface area contributed by atoms with Crippen LogP contribution in [0.1, 0.15) is 6.42 Å². The monoisotopic (exact) mass is 229 g/mol. The van der Waals surface area contributed by atoms with E-state index in [0.717, 1.165) is 24.4 Å². The van der Waals surface area contributed by atoms with Crippen molar-refractivity contribution < 1.29 is 4.74 Å². The van der Waals surface area contributed by atoms with E-state index in [2.05, 4.69) is 11.2 Å². The third-order valence-electron chi connectivity index (χ3n) is 3.03. The summed E-state index contributed by atoms with van der Waals surface area (Å²) in [5.41, 5.74) is 9.36. The second kappa shape index (κ2) is 4.31. The van der Waals surface area contributed by atoms with Crippen LogP contribution in [0.2, 0.25) is 0 Å². The van der Waals surface area contributed by atoms with Gasteiger partial charge in [-0.2, -0.15) is 5.10 Å². The van der Waals surface area contributed by atoms with Crippen LogP contribution in [-0.2, 0) is 4.74 Å². The Labute approximate surface area is 100 Å². The van der Waals surface area contributed by atoms with Crippen LogP contribution in [0.4, 0.5) is 5.69 Å². The fraction of sp³-hybridized carbons (Fsp3) is 0.308. The molecule has 1 aromatic rings. The minimum absolute atomic E-state index is 0.186. The molecule has 2 N–H and O–H groups in total. The fourth-order valence-corrected chi connectivity index (χ4v) is 2.14. The van der Waals surface area contributed by atoms with Gasteiger partial charge >= 0.3 is 0 Å². The molecule has 0 aliphatic carbocycles. The molecule has 1 aromatic carbocycles. The predicted octanol–water partition coefficient (Wildman–Crippen LogP) is 1.49. The smallest absolute Gasteiger partial charge is 0.119 e. The molecule has 1 unspecified atom stereocenters. The Balaban J connectivity index is 1.93. The van der Waals surface area contributed by atoms with Gasteiger partial charge in [-0.05, 0) is 30.2 Å². The first-order chi connectivity index (χ1) is 8.34. The first-order valence-electron chi connectivity index (χ1n) is 5.81. The van der Waals surface area contributed by atoms with Crippen molar-refractivity contribution in [3.8, 4) is 0 Å². The van der Waals surface area contributed by atoms with Crippen LogP contribution in [0.25, 0.3) is 0 Å². The third kappa shape index (κ3) is 1.97. The summed E-state index contributed by atoms with van der Waals surface area (Å²) in [5.74, 6) is 0. The quantitative estimate of drug-likeness (QED) is 0.793. The molecule has 2 aliphatic heterocycles. The van der Waals surface area contributed by atoms with Crippen LogP contribution < -0.4 is 10.7 Å². The van der Waals surface area contributed by atoms with Gasteiger partial charge in [-0.25, -0.2) is 5.01 Å². The molecule has 1 saturated heterocycles. The van der Waals surface area contributed by atoms with Gasteiger partial charge in [0.2, 0.25) is 0 Å². The Morgan fingerprint density at radius 1 is 1.29 bits per heavy atom. The number of hydrogen-bond donors (Lipinski definition) is 1. The number of ether oxygens (including phenoxy) is 1. The zero-order valence-electron chi connectivity index (χ0n) is 9.54. The zero-order chi connectivity index (χ0) is 11.7. The van der Waals surface area contributed by atoms with E-state index in [1.165, 1.54) is 5.57 Å². The van der Waals surface area contributed by atoms with Crippen LogP contribution >= 0.6 is 0 Å². The minimum atomic E-state index is -0.186. The molecule has 4 heteroatoms. The molecule has 0 radical (unpaired) electrons. The van der Waals surface area contributed by atoms with Gasteiger partial charge in [0.15, 0.2) is 0 Å². The van der Waals surface area contributed by atoms with Gasteiger partial charge in [0, 0.05) is 0 Å². The molecular formula is C13H15N3O. The molecule has 0 aromatic heterocycles. The first-order valence-corrected chi connectivity index (χ1v) is 5.81. The second-order valence-corrected chi connectivity index (χ2v) is 4.21. The van der Waals surface area contributed by atoms with E-state index in [1.54, 1.807) is 0 Å². The lowest BCUT2D eigenvalue weighted by atomic mass is 10.0. The first kappa shape index (κ1) is 10.5. The molecule has 2 heterocycles. The summed E-state index contributed by atoms with van der Waals surface area (Å²) in [6.45, 7) is 1.35. The number of hydrogen-bond acceptors (Lipinski definition) is 4. The Morgan fingerprint density at radius 2 is 2.12 bits per heavy atom. The Hall–Kier alpha value is -1.65. The summed E-state index contributed by atoms with van der Waals surface area (Å²) < 4.78 is 5.42. The average molecular weight is 229 g/mol. The van der Waals surface area contributed by atoms with Crippen LogP contribution in [0.5, 0.6) is 0 Å². The van der Waals surface area contributed by atoms with Crippen molar-refractivity contribution in [2.75, 3.05) is 18.2 Å². The highest BCUT2D eigenvalue weighted by Gasteiger charge is 2.24. The number of anilines is 1. The molecule has 17 heavy (non-hydrogen) atoms. The van der Waals surface area contributed by atoms with Gasteiger partial charge in [0.25, 0.3) is 0 Å². The number of para-hydroxylation sites is 1. The largest absolute Gasteiger partial charge is 0.375 e. The molecule has 1 atom stereocenters. The van der Waals surface area contributed by atoms with E-state index in [-0.39, 0.29) is 6.17 Å². The van der Waals surface area contributed by atoms with E-state index in [4.69, 9.17) is 10.5 Å². The molecular weight excluding hydrogens is 214 g/mol. The Bertz CT molecular complexity index is 467. The summed E-state index contributed by atoms with van der Waals surface area (Å²) >= 11 is 0. The Morgan fingerprint density at radius 3 is 2.94 bits per heavy atom. The van der Waals surface area contributed by atoms with Crippen LogP contribution in [-0.4, -0.2) is 25.1 Å². The standard InChI is InChI=1S/C13H15N3O/c14-13-8-10-6-7-17-9-12(10)15-16(13)11-4-2-1-3-5-11/h1-5,8,13H,6-7,9,14H2. The number of benzene rings is 1. The van der Waals surface area contributed by atoms with E-state index >= 15 is 0 Å². The lowest BCUT2D eigenvalue weighted by molar-refractivity contribution is 0.165.